The highest BCUT2D eigenvalue weighted by Crippen LogP contribution is 2.21. The fraction of sp³-hybridized carbons (Fsp3) is 0.185. The van der Waals surface area contributed by atoms with Crippen LogP contribution in [-0.4, -0.2) is 23.8 Å². The summed E-state index contributed by atoms with van der Waals surface area (Å²) in [5.41, 5.74) is 7.78. The number of carbonyl (C=O) groups is 1. The molecule has 0 unspecified atom stereocenters. The first kappa shape index (κ1) is 22.9. The highest BCUT2D eigenvalue weighted by atomic mass is 16.5. The van der Waals surface area contributed by atoms with E-state index in [-0.39, 0.29) is 12.4 Å². The third kappa shape index (κ3) is 5.20. The summed E-state index contributed by atoms with van der Waals surface area (Å²) in [6.07, 6.45) is 1.58. The van der Waals surface area contributed by atoms with Crippen LogP contribution in [0, 0.1) is 20.8 Å². The van der Waals surface area contributed by atoms with Crippen LogP contribution in [0.1, 0.15) is 38.8 Å². The number of hydrogen-bond acceptors (Lipinski definition) is 5. The van der Waals surface area contributed by atoms with Gasteiger partial charge in [0.1, 0.15) is 23.9 Å². The van der Waals surface area contributed by atoms with E-state index in [2.05, 4.69) is 41.1 Å². The average Bonchev–Trinajstić information content (AvgIpc) is 3.45. The summed E-state index contributed by atoms with van der Waals surface area (Å²) in [6.45, 7) is 6.31. The van der Waals surface area contributed by atoms with Crippen LogP contribution in [0.2, 0.25) is 0 Å². The van der Waals surface area contributed by atoms with E-state index >= 15 is 0 Å². The maximum Gasteiger partial charge on any atom is 0.307 e. The molecule has 0 aliphatic rings. The second kappa shape index (κ2) is 10.1. The van der Waals surface area contributed by atoms with Gasteiger partial charge in [-0.15, -0.1) is 0 Å². The zero-order chi connectivity index (χ0) is 24.1. The number of benzene rings is 2. The fourth-order valence-electron chi connectivity index (χ4n) is 3.63. The molecule has 1 N–H and O–H groups in total. The van der Waals surface area contributed by atoms with Gasteiger partial charge < -0.3 is 18.5 Å². The van der Waals surface area contributed by atoms with Crippen molar-refractivity contribution >= 4 is 12.1 Å². The van der Waals surface area contributed by atoms with E-state index in [0.29, 0.717) is 11.5 Å². The van der Waals surface area contributed by atoms with E-state index < -0.39 is 5.91 Å². The summed E-state index contributed by atoms with van der Waals surface area (Å²) in [5.74, 6) is 1.76. The molecule has 0 spiro atoms. The number of furan rings is 1. The van der Waals surface area contributed by atoms with Crippen molar-refractivity contribution in [3.05, 3.63) is 101 Å². The number of hydrogen-bond donors (Lipinski definition) is 1. The van der Waals surface area contributed by atoms with Gasteiger partial charge in [0.2, 0.25) is 0 Å². The molecule has 0 radical (unpaired) electrons. The monoisotopic (exact) mass is 457 g/mol. The zero-order valence-corrected chi connectivity index (χ0v) is 19.7. The number of hydrazone groups is 1. The Balaban J connectivity index is 1.31. The van der Waals surface area contributed by atoms with Crippen LogP contribution in [0.3, 0.4) is 0 Å². The van der Waals surface area contributed by atoms with Gasteiger partial charge in [-0.05, 0) is 98.6 Å². The molecular formula is C27H27N3O4. The number of ether oxygens (including phenoxy) is 2. The number of amides is 1. The first-order valence-electron chi connectivity index (χ1n) is 10.9. The molecule has 0 aliphatic carbocycles. The van der Waals surface area contributed by atoms with Gasteiger partial charge in [-0.25, -0.2) is 5.43 Å². The Hall–Kier alpha value is -4.26. The van der Waals surface area contributed by atoms with Crippen LogP contribution in [0.15, 0.2) is 76.2 Å². The molecule has 0 fully saturated rings. The molecule has 2 aromatic heterocycles. The number of aryl methyl sites for hydroxylation is 3. The second-order valence-corrected chi connectivity index (χ2v) is 7.92. The van der Waals surface area contributed by atoms with Crippen molar-refractivity contribution in [3.63, 3.8) is 0 Å². The zero-order valence-electron chi connectivity index (χ0n) is 19.7. The molecule has 0 saturated heterocycles. The van der Waals surface area contributed by atoms with Crippen LogP contribution in [0.25, 0.3) is 5.69 Å². The summed E-state index contributed by atoms with van der Waals surface area (Å²) in [6, 6.07) is 21.0. The van der Waals surface area contributed by atoms with E-state index in [1.165, 1.54) is 11.4 Å². The second-order valence-electron chi connectivity index (χ2n) is 7.92. The van der Waals surface area contributed by atoms with Crippen molar-refractivity contribution in [2.45, 2.75) is 27.4 Å². The molecular weight excluding hydrogens is 430 g/mol. The smallest absolute Gasteiger partial charge is 0.307 e. The Bertz CT molecular complexity index is 1300. The topological polar surface area (TPSA) is 78.0 Å². The van der Waals surface area contributed by atoms with Crippen molar-refractivity contribution < 1.29 is 18.7 Å². The normalized spacial score (nSPS) is 11.1. The minimum atomic E-state index is -0.435. The lowest BCUT2D eigenvalue weighted by Gasteiger charge is -2.10. The minimum Gasteiger partial charge on any atom is -0.497 e. The summed E-state index contributed by atoms with van der Waals surface area (Å²) in [4.78, 5) is 12.3. The van der Waals surface area contributed by atoms with Gasteiger partial charge in [0.05, 0.1) is 13.3 Å². The molecule has 0 atom stereocenters. The van der Waals surface area contributed by atoms with E-state index in [1.807, 2.05) is 49.4 Å². The lowest BCUT2D eigenvalue weighted by molar-refractivity contribution is 0.0923. The van der Waals surface area contributed by atoms with Gasteiger partial charge in [0.15, 0.2) is 5.76 Å². The molecule has 2 aromatic carbocycles. The average molecular weight is 458 g/mol. The standard InChI is InChI=1S/C27H27N3O4/c1-18-15-24(32-4)10-7-21(18)16-28-29-27(31)26-14-13-25(34-26)17-33-23-11-8-22(9-12-23)30-19(2)5-6-20(30)3/h5-16H,17H2,1-4H3,(H,29,31)/b28-16+. The van der Waals surface area contributed by atoms with E-state index in [4.69, 9.17) is 13.9 Å². The lowest BCUT2D eigenvalue weighted by atomic mass is 10.1. The van der Waals surface area contributed by atoms with Crippen molar-refractivity contribution in [2.75, 3.05) is 7.11 Å². The Kier molecular flexibility index (Phi) is 6.82. The summed E-state index contributed by atoms with van der Waals surface area (Å²) >= 11 is 0. The third-order valence-corrected chi connectivity index (χ3v) is 5.48. The quantitative estimate of drug-likeness (QED) is 0.286. The van der Waals surface area contributed by atoms with Gasteiger partial charge >= 0.3 is 5.91 Å². The first-order valence-corrected chi connectivity index (χ1v) is 10.9. The lowest BCUT2D eigenvalue weighted by Crippen LogP contribution is -2.16. The highest BCUT2D eigenvalue weighted by molar-refractivity contribution is 5.92. The molecule has 174 valence electrons. The van der Waals surface area contributed by atoms with Crippen LogP contribution in [0.5, 0.6) is 11.5 Å². The largest absolute Gasteiger partial charge is 0.497 e. The Morgan fingerprint density at radius 2 is 1.68 bits per heavy atom. The maximum atomic E-state index is 12.3. The molecule has 0 saturated carbocycles. The number of nitrogens with zero attached hydrogens (tertiary/aromatic N) is 2. The van der Waals surface area contributed by atoms with Crippen LogP contribution in [-0.2, 0) is 6.61 Å². The summed E-state index contributed by atoms with van der Waals surface area (Å²) in [7, 11) is 1.62. The van der Waals surface area contributed by atoms with Crippen molar-refractivity contribution in [3.8, 4) is 17.2 Å². The van der Waals surface area contributed by atoms with Gasteiger partial charge in [-0.3, -0.25) is 4.79 Å². The van der Waals surface area contributed by atoms with Gasteiger partial charge in [0.25, 0.3) is 0 Å². The van der Waals surface area contributed by atoms with Crippen LogP contribution in [0.4, 0.5) is 0 Å². The van der Waals surface area contributed by atoms with Crippen LogP contribution < -0.4 is 14.9 Å². The molecule has 0 bridgehead atoms. The number of aromatic nitrogens is 1. The molecule has 0 aliphatic heterocycles. The highest BCUT2D eigenvalue weighted by Gasteiger charge is 2.11. The summed E-state index contributed by atoms with van der Waals surface area (Å²) in [5, 5.41) is 4.02. The maximum absolute atomic E-state index is 12.3. The van der Waals surface area contributed by atoms with Crippen LogP contribution >= 0.6 is 0 Å². The predicted molar refractivity (Wildman–Crippen MR) is 131 cm³/mol. The third-order valence-electron chi connectivity index (χ3n) is 5.48. The van der Waals surface area contributed by atoms with Crippen molar-refractivity contribution in [1.82, 2.24) is 9.99 Å². The first-order chi connectivity index (χ1) is 16.4. The van der Waals surface area contributed by atoms with Crippen molar-refractivity contribution in [1.29, 1.82) is 0 Å². The predicted octanol–water partition coefficient (Wildman–Crippen LogP) is 5.35. The molecule has 4 aromatic rings. The van der Waals surface area contributed by atoms with E-state index in [9.17, 15) is 4.79 Å². The number of nitrogens with one attached hydrogen (secondary N) is 1. The van der Waals surface area contributed by atoms with Crippen molar-refractivity contribution in [2.24, 2.45) is 5.10 Å². The van der Waals surface area contributed by atoms with Gasteiger partial charge in [0, 0.05) is 17.1 Å². The molecule has 7 heteroatoms. The molecule has 34 heavy (non-hydrogen) atoms. The summed E-state index contributed by atoms with van der Waals surface area (Å²) < 4.78 is 18.8. The van der Waals surface area contributed by atoms with E-state index in [0.717, 1.165) is 22.6 Å². The molecule has 4 rings (SSSR count). The van der Waals surface area contributed by atoms with E-state index in [1.54, 1.807) is 25.5 Å². The number of carbonyl (C=O) groups excluding carboxylic acids is 1. The SMILES string of the molecule is COc1ccc(/C=N/NC(=O)c2ccc(COc3ccc(-n4c(C)ccc4C)cc3)o2)c(C)c1. The molecule has 1 amide bonds. The Labute approximate surface area is 198 Å². The number of rotatable bonds is 8. The fourth-order valence-corrected chi connectivity index (χ4v) is 3.63. The minimum absolute atomic E-state index is 0.163. The van der Waals surface area contributed by atoms with Gasteiger partial charge in [-0.2, -0.15) is 5.10 Å². The molecule has 2 heterocycles. The van der Waals surface area contributed by atoms with Gasteiger partial charge in [-0.1, -0.05) is 0 Å². The number of methoxy groups -OCH3 is 1. The molecule has 7 nitrogen and oxygen atoms in total. The Morgan fingerprint density at radius 1 is 0.971 bits per heavy atom. The Morgan fingerprint density at radius 3 is 2.35 bits per heavy atom.